The van der Waals surface area contributed by atoms with Gasteiger partial charge in [-0.15, -0.1) is 0 Å². The van der Waals surface area contributed by atoms with Crippen molar-refractivity contribution in [1.29, 1.82) is 0 Å². The fraction of sp³-hybridized carbons (Fsp3) is 0.875. The molecule has 72 valence electrons. The van der Waals surface area contributed by atoms with E-state index >= 15 is 0 Å². The topological polar surface area (TPSA) is 55.8 Å². The normalized spacial score (nSPS) is 14.3. The summed E-state index contributed by atoms with van der Waals surface area (Å²) in [6.45, 7) is 3.35. The lowest BCUT2D eigenvalue weighted by molar-refractivity contribution is -0.219. The van der Waals surface area contributed by atoms with Gasteiger partial charge in [0.2, 0.25) is 0 Å². The Bertz CT molecular complexity index is 133. The zero-order valence-corrected chi connectivity index (χ0v) is 7.74. The summed E-state index contributed by atoms with van der Waals surface area (Å²) in [6.07, 6.45) is 0.373. The number of carbonyl (C=O) groups excluding carboxylic acids is 1. The van der Waals surface area contributed by atoms with E-state index in [1.807, 2.05) is 0 Å². The molecule has 1 N–H and O–H groups in total. The van der Waals surface area contributed by atoms with E-state index in [2.05, 4.69) is 0 Å². The summed E-state index contributed by atoms with van der Waals surface area (Å²) in [5.41, 5.74) is 0. The second-order valence-corrected chi connectivity index (χ2v) is 2.91. The summed E-state index contributed by atoms with van der Waals surface area (Å²) in [5, 5.41) is 8.56. The molecule has 0 aromatic rings. The molecule has 4 heteroatoms. The second-order valence-electron chi connectivity index (χ2n) is 2.91. The van der Waals surface area contributed by atoms with Crippen LogP contribution >= 0.6 is 0 Å². The first-order chi connectivity index (χ1) is 5.55. The maximum Gasteiger partial charge on any atom is 0.163 e. The van der Waals surface area contributed by atoms with Crippen molar-refractivity contribution < 1.29 is 19.4 Å². The number of hydrogen-bond acceptors (Lipinski definition) is 4. The molecule has 0 amide bonds. The molecule has 0 aliphatic heterocycles. The van der Waals surface area contributed by atoms with Gasteiger partial charge in [-0.25, -0.2) is 0 Å². The van der Waals surface area contributed by atoms with Crippen molar-refractivity contribution in [2.45, 2.75) is 32.2 Å². The Kier molecular flexibility index (Phi) is 5.04. The first-order valence-corrected chi connectivity index (χ1v) is 3.85. The first kappa shape index (κ1) is 11.6. The number of aliphatic hydroxyl groups excluding tert-OH is 1. The van der Waals surface area contributed by atoms with Crippen LogP contribution in [-0.2, 0) is 14.3 Å². The SMILES string of the molecule is COC(C)(C)OC(C=O)CCO. The van der Waals surface area contributed by atoms with Crippen molar-refractivity contribution in [3.05, 3.63) is 0 Å². The Balaban J connectivity index is 3.92. The van der Waals surface area contributed by atoms with Crippen LogP contribution in [0.5, 0.6) is 0 Å². The van der Waals surface area contributed by atoms with Gasteiger partial charge in [0.05, 0.1) is 0 Å². The summed E-state index contributed by atoms with van der Waals surface area (Å²) in [6, 6.07) is 0. The van der Waals surface area contributed by atoms with Gasteiger partial charge in [-0.3, -0.25) is 0 Å². The van der Waals surface area contributed by atoms with Crippen LogP contribution in [0.25, 0.3) is 0 Å². The molecule has 0 bridgehead atoms. The van der Waals surface area contributed by atoms with E-state index in [4.69, 9.17) is 14.6 Å². The number of rotatable bonds is 6. The zero-order chi connectivity index (χ0) is 9.61. The first-order valence-electron chi connectivity index (χ1n) is 3.85. The summed E-state index contributed by atoms with van der Waals surface area (Å²) in [5.74, 6) is -0.777. The highest BCUT2D eigenvalue weighted by molar-refractivity contribution is 5.55. The van der Waals surface area contributed by atoms with E-state index in [0.29, 0.717) is 12.7 Å². The van der Waals surface area contributed by atoms with Gasteiger partial charge in [0, 0.05) is 20.1 Å². The van der Waals surface area contributed by atoms with Crippen molar-refractivity contribution in [2.75, 3.05) is 13.7 Å². The Morgan fingerprint density at radius 1 is 1.58 bits per heavy atom. The number of aliphatic hydroxyl groups is 1. The highest BCUT2D eigenvalue weighted by atomic mass is 16.7. The molecule has 0 aliphatic carbocycles. The molecular formula is C8H16O4. The van der Waals surface area contributed by atoms with Gasteiger partial charge in [-0.05, 0) is 13.8 Å². The molecule has 0 spiro atoms. The van der Waals surface area contributed by atoms with Gasteiger partial charge in [0.25, 0.3) is 0 Å². The Hall–Kier alpha value is -0.450. The molecule has 0 aromatic heterocycles. The number of aldehydes is 1. The van der Waals surface area contributed by atoms with Crippen molar-refractivity contribution >= 4 is 6.29 Å². The molecule has 1 unspecified atom stereocenters. The van der Waals surface area contributed by atoms with Crippen LogP contribution in [0, 0.1) is 0 Å². The molecule has 1 atom stereocenters. The predicted molar refractivity (Wildman–Crippen MR) is 43.7 cm³/mol. The average Bonchev–Trinajstić information content (AvgIpc) is 2.03. The van der Waals surface area contributed by atoms with E-state index in [1.165, 1.54) is 7.11 Å². The number of methoxy groups -OCH3 is 1. The lowest BCUT2D eigenvalue weighted by Gasteiger charge is -2.26. The minimum atomic E-state index is -0.777. The Morgan fingerprint density at radius 2 is 2.17 bits per heavy atom. The minimum Gasteiger partial charge on any atom is -0.396 e. The lowest BCUT2D eigenvalue weighted by Crippen LogP contribution is -2.33. The van der Waals surface area contributed by atoms with Crippen molar-refractivity contribution in [2.24, 2.45) is 0 Å². The van der Waals surface area contributed by atoms with Crippen molar-refractivity contribution in [1.82, 2.24) is 0 Å². The molecule has 0 heterocycles. The van der Waals surface area contributed by atoms with E-state index in [0.717, 1.165) is 0 Å². The van der Waals surface area contributed by atoms with Gasteiger partial charge in [0.15, 0.2) is 5.79 Å². The maximum atomic E-state index is 10.4. The minimum absolute atomic E-state index is 0.0663. The molecule has 0 aliphatic rings. The van der Waals surface area contributed by atoms with Gasteiger partial charge >= 0.3 is 0 Å². The van der Waals surface area contributed by atoms with Gasteiger partial charge in [-0.2, -0.15) is 0 Å². The van der Waals surface area contributed by atoms with Crippen LogP contribution < -0.4 is 0 Å². The molecule has 0 radical (unpaired) electrons. The second kappa shape index (κ2) is 5.24. The molecule has 12 heavy (non-hydrogen) atoms. The zero-order valence-electron chi connectivity index (χ0n) is 7.74. The average molecular weight is 176 g/mol. The fourth-order valence-corrected chi connectivity index (χ4v) is 0.695. The van der Waals surface area contributed by atoms with Gasteiger partial charge < -0.3 is 19.4 Å². The standard InChI is InChI=1S/C8H16O4/c1-8(2,11-3)12-7(6-10)4-5-9/h6-7,9H,4-5H2,1-3H3. The third kappa shape index (κ3) is 4.43. The lowest BCUT2D eigenvalue weighted by atomic mass is 10.2. The largest absolute Gasteiger partial charge is 0.396 e. The third-order valence-electron chi connectivity index (χ3n) is 1.49. The number of ether oxygens (including phenoxy) is 2. The van der Waals surface area contributed by atoms with Crippen molar-refractivity contribution in [3.63, 3.8) is 0 Å². The fourth-order valence-electron chi connectivity index (χ4n) is 0.695. The summed E-state index contributed by atoms with van der Waals surface area (Å²) in [7, 11) is 1.50. The molecular weight excluding hydrogens is 160 g/mol. The van der Waals surface area contributed by atoms with Crippen LogP contribution in [-0.4, -0.2) is 37.0 Å². The molecule has 0 saturated carbocycles. The van der Waals surface area contributed by atoms with E-state index in [1.54, 1.807) is 13.8 Å². The van der Waals surface area contributed by atoms with Gasteiger partial charge in [0.1, 0.15) is 12.4 Å². The predicted octanol–water partition coefficient (Wildman–Crippen LogP) is 0.335. The number of carbonyl (C=O) groups is 1. The highest BCUT2D eigenvalue weighted by Crippen LogP contribution is 2.13. The van der Waals surface area contributed by atoms with Crippen LogP contribution in [0.4, 0.5) is 0 Å². The van der Waals surface area contributed by atoms with E-state index < -0.39 is 11.9 Å². The third-order valence-corrected chi connectivity index (χ3v) is 1.49. The number of hydrogen-bond donors (Lipinski definition) is 1. The molecule has 0 aromatic carbocycles. The van der Waals surface area contributed by atoms with Gasteiger partial charge in [-0.1, -0.05) is 0 Å². The molecule has 0 fully saturated rings. The Morgan fingerprint density at radius 3 is 2.50 bits per heavy atom. The van der Waals surface area contributed by atoms with Crippen LogP contribution in [0.2, 0.25) is 0 Å². The summed E-state index contributed by atoms with van der Waals surface area (Å²) in [4.78, 5) is 10.4. The molecule has 4 nitrogen and oxygen atoms in total. The van der Waals surface area contributed by atoms with Crippen LogP contribution in [0.1, 0.15) is 20.3 Å². The monoisotopic (exact) mass is 176 g/mol. The Labute approximate surface area is 72.5 Å². The van der Waals surface area contributed by atoms with Crippen molar-refractivity contribution in [3.8, 4) is 0 Å². The highest BCUT2D eigenvalue weighted by Gasteiger charge is 2.22. The quantitative estimate of drug-likeness (QED) is 0.468. The van der Waals surface area contributed by atoms with E-state index in [-0.39, 0.29) is 6.61 Å². The maximum absolute atomic E-state index is 10.4. The molecule has 0 rings (SSSR count). The molecule has 0 saturated heterocycles. The van der Waals surface area contributed by atoms with E-state index in [9.17, 15) is 4.79 Å². The summed E-state index contributed by atoms with van der Waals surface area (Å²) >= 11 is 0. The van der Waals surface area contributed by atoms with Crippen LogP contribution in [0.15, 0.2) is 0 Å². The summed E-state index contributed by atoms with van der Waals surface area (Å²) < 4.78 is 10.2. The van der Waals surface area contributed by atoms with Crippen LogP contribution in [0.3, 0.4) is 0 Å². The smallest absolute Gasteiger partial charge is 0.163 e.